The first-order chi connectivity index (χ1) is 12.8. The van der Waals surface area contributed by atoms with Crippen LogP contribution in [-0.4, -0.2) is 54.3 Å². The van der Waals surface area contributed by atoms with Gasteiger partial charge in [0.25, 0.3) is 0 Å². The maximum absolute atomic E-state index is 12.6. The predicted octanol–water partition coefficient (Wildman–Crippen LogP) is 1.94. The highest BCUT2D eigenvalue weighted by molar-refractivity contribution is 7.88. The Morgan fingerprint density at radius 2 is 2.07 bits per heavy atom. The molecule has 1 N–H and O–H groups in total. The van der Waals surface area contributed by atoms with E-state index in [1.165, 1.54) is 10.6 Å². The van der Waals surface area contributed by atoms with Crippen molar-refractivity contribution in [2.24, 2.45) is 5.92 Å². The van der Waals surface area contributed by atoms with Crippen LogP contribution in [0.25, 0.3) is 0 Å². The molecule has 1 amide bonds. The number of hydrogen-bond acceptors (Lipinski definition) is 5. The zero-order valence-corrected chi connectivity index (χ0v) is 17.5. The molecule has 1 aliphatic rings. The van der Waals surface area contributed by atoms with E-state index in [1.54, 1.807) is 11.3 Å². The maximum Gasteiger partial charge on any atom is 0.223 e. The lowest BCUT2D eigenvalue weighted by atomic mass is 9.97. The molecule has 7 nitrogen and oxygen atoms in total. The third-order valence-electron chi connectivity index (χ3n) is 5.03. The van der Waals surface area contributed by atoms with Gasteiger partial charge < -0.3 is 5.32 Å². The second-order valence-electron chi connectivity index (χ2n) is 7.13. The van der Waals surface area contributed by atoms with Crippen LogP contribution in [0.4, 0.5) is 0 Å². The molecule has 27 heavy (non-hydrogen) atoms. The standard InChI is InChI=1S/C18H26N4O3S2/c1-13-10-14(2)22(20-13)17(16-6-9-26-12-16)11-19-18(23)15-4-7-21(8-5-15)27(3,24)25/h6,9-10,12,15,17H,4-5,7-8,11H2,1-3H3,(H,19,23)/t17-/m0/s1. The highest BCUT2D eigenvalue weighted by Crippen LogP contribution is 2.23. The molecule has 0 spiro atoms. The Hall–Kier alpha value is -1.71. The smallest absolute Gasteiger partial charge is 0.223 e. The van der Waals surface area contributed by atoms with Gasteiger partial charge >= 0.3 is 0 Å². The second-order valence-corrected chi connectivity index (χ2v) is 9.89. The summed E-state index contributed by atoms with van der Waals surface area (Å²) in [5, 5.41) is 11.8. The Morgan fingerprint density at radius 3 is 2.59 bits per heavy atom. The molecule has 2 aromatic heterocycles. The summed E-state index contributed by atoms with van der Waals surface area (Å²) in [4.78, 5) is 12.6. The molecule has 0 unspecified atom stereocenters. The summed E-state index contributed by atoms with van der Waals surface area (Å²) in [5.41, 5.74) is 3.13. The molecule has 1 saturated heterocycles. The molecule has 0 bridgehead atoms. The van der Waals surface area contributed by atoms with Gasteiger partial charge in [0.1, 0.15) is 0 Å². The normalized spacial score (nSPS) is 17.7. The van der Waals surface area contributed by atoms with Crippen molar-refractivity contribution in [3.8, 4) is 0 Å². The van der Waals surface area contributed by atoms with Gasteiger partial charge in [-0.2, -0.15) is 16.4 Å². The fourth-order valence-electron chi connectivity index (χ4n) is 3.56. The Labute approximate surface area is 164 Å². The van der Waals surface area contributed by atoms with Gasteiger partial charge in [0.2, 0.25) is 15.9 Å². The SMILES string of the molecule is Cc1cc(C)n([C@@H](CNC(=O)C2CCN(S(C)(=O)=O)CC2)c2ccsc2)n1. The maximum atomic E-state index is 12.6. The molecule has 1 fully saturated rings. The number of amides is 1. The number of nitrogens with one attached hydrogen (secondary N) is 1. The Kier molecular flexibility index (Phi) is 6.02. The summed E-state index contributed by atoms with van der Waals surface area (Å²) in [7, 11) is -3.18. The number of sulfonamides is 1. The molecule has 0 aromatic carbocycles. The number of aryl methyl sites for hydroxylation is 2. The summed E-state index contributed by atoms with van der Waals surface area (Å²) in [5.74, 6) is -0.156. The van der Waals surface area contributed by atoms with Crippen LogP contribution in [0.3, 0.4) is 0 Å². The molecule has 1 aliphatic heterocycles. The number of piperidine rings is 1. The fourth-order valence-corrected chi connectivity index (χ4v) is 5.14. The van der Waals surface area contributed by atoms with E-state index in [0.29, 0.717) is 32.5 Å². The first kappa shape index (κ1) is 20.0. The highest BCUT2D eigenvalue weighted by atomic mass is 32.2. The van der Waals surface area contributed by atoms with Crippen LogP contribution in [0, 0.1) is 19.8 Å². The van der Waals surface area contributed by atoms with E-state index in [2.05, 4.69) is 21.9 Å². The first-order valence-corrected chi connectivity index (χ1v) is 11.8. The van der Waals surface area contributed by atoms with Crippen LogP contribution in [-0.2, 0) is 14.8 Å². The van der Waals surface area contributed by atoms with Crippen LogP contribution < -0.4 is 5.32 Å². The predicted molar refractivity (Wildman–Crippen MR) is 106 cm³/mol. The highest BCUT2D eigenvalue weighted by Gasteiger charge is 2.29. The lowest BCUT2D eigenvalue weighted by Crippen LogP contribution is -2.43. The van der Waals surface area contributed by atoms with Crippen molar-refractivity contribution in [3.05, 3.63) is 39.8 Å². The van der Waals surface area contributed by atoms with Gasteiger partial charge in [-0.25, -0.2) is 12.7 Å². The minimum Gasteiger partial charge on any atom is -0.353 e. The van der Waals surface area contributed by atoms with Crippen molar-refractivity contribution < 1.29 is 13.2 Å². The van der Waals surface area contributed by atoms with E-state index in [-0.39, 0.29) is 17.9 Å². The molecule has 0 aliphatic carbocycles. The van der Waals surface area contributed by atoms with Gasteiger partial charge in [-0.05, 0) is 55.1 Å². The third-order valence-corrected chi connectivity index (χ3v) is 7.04. The van der Waals surface area contributed by atoms with E-state index in [4.69, 9.17) is 0 Å². The van der Waals surface area contributed by atoms with E-state index in [9.17, 15) is 13.2 Å². The van der Waals surface area contributed by atoms with Gasteiger partial charge in [-0.3, -0.25) is 9.48 Å². The van der Waals surface area contributed by atoms with Gasteiger partial charge in [0.15, 0.2) is 0 Å². The third kappa shape index (κ3) is 4.77. The van der Waals surface area contributed by atoms with Gasteiger partial charge in [-0.1, -0.05) is 0 Å². The number of nitrogens with zero attached hydrogens (tertiary/aromatic N) is 3. The number of thiophene rings is 1. The molecule has 0 saturated carbocycles. The molecule has 0 radical (unpaired) electrons. The Bertz CT molecular complexity index is 882. The monoisotopic (exact) mass is 410 g/mol. The minimum atomic E-state index is -3.18. The number of rotatable bonds is 6. The zero-order valence-electron chi connectivity index (χ0n) is 15.9. The number of hydrogen-bond donors (Lipinski definition) is 1. The summed E-state index contributed by atoms with van der Waals surface area (Å²) >= 11 is 1.62. The lowest BCUT2D eigenvalue weighted by molar-refractivity contribution is -0.126. The molecule has 3 rings (SSSR count). The lowest BCUT2D eigenvalue weighted by Gasteiger charge is -2.30. The number of aromatic nitrogens is 2. The van der Waals surface area contributed by atoms with E-state index >= 15 is 0 Å². The van der Waals surface area contributed by atoms with E-state index in [0.717, 1.165) is 17.0 Å². The number of carbonyl (C=O) groups is 1. The quantitative estimate of drug-likeness (QED) is 0.789. The van der Waals surface area contributed by atoms with Gasteiger partial charge in [0.05, 0.1) is 18.0 Å². The van der Waals surface area contributed by atoms with Crippen molar-refractivity contribution in [1.29, 1.82) is 0 Å². The Morgan fingerprint density at radius 1 is 1.37 bits per heavy atom. The topological polar surface area (TPSA) is 84.3 Å². The van der Waals surface area contributed by atoms with Gasteiger partial charge in [0, 0.05) is 31.2 Å². The Balaban J connectivity index is 1.64. The average Bonchev–Trinajstić information content (AvgIpc) is 3.25. The molecule has 1 atom stereocenters. The van der Waals surface area contributed by atoms with E-state index < -0.39 is 10.0 Å². The van der Waals surface area contributed by atoms with Crippen LogP contribution in [0.2, 0.25) is 0 Å². The number of carbonyl (C=O) groups excluding carboxylic acids is 1. The van der Waals surface area contributed by atoms with Crippen molar-refractivity contribution in [1.82, 2.24) is 19.4 Å². The first-order valence-electron chi connectivity index (χ1n) is 9.03. The van der Waals surface area contributed by atoms with Crippen molar-refractivity contribution in [3.63, 3.8) is 0 Å². The van der Waals surface area contributed by atoms with Crippen LogP contribution in [0.15, 0.2) is 22.9 Å². The molecule has 9 heteroatoms. The van der Waals surface area contributed by atoms with Gasteiger partial charge in [-0.15, -0.1) is 0 Å². The summed E-state index contributed by atoms with van der Waals surface area (Å²) in [6, 6.07) is 4.04. The van der Waals surface area contributed by atoms with Crippen LogP contribution >= 0.6 is 11.3 Å². The molecular weight excluding hydrogens is 384 g/mol. The van der Waals surface area contributed by atoms with Crippen molar-refractivity contribution in [2.45, 2.75) is 32.7 Å². The fraction of sp³-hybridized carbons (Fsp3) is 0.556. The second kappa shape index (κ2) is 8.12. The van der Waals surface area contributed by atoms with Crippen LogP contribution in [0.5, 0.6) is 0 Å². The van der Waals surface area contributed by atoms with E-state index in [1.807, 2.05) is 30.0 Å². The zero-order chi connectivity index (χ0) is 19.6. The van der Waals surface area contributed by atoms with Crippen molar-refractivity contribution >= 4 is 27.3 Å². The molecule has 2 aromatic rings. The largest absolute Gasteiger partial charge is 0.353 e. The van der Waals surface area contributed by atoms with Crippen molar-refractivity contribution in [2.75, 3.05) is 25.9 Å². The minimum absolute atomic E-state index is 0.00934. The van der Waals surface area contributed by atoms with Crippen LogP contribution in [0.1, 0.15) is 35.8 Å². The molecular formula is C18H26N4O3S2. The molecule has 148 valence electrons. The summed E-state index contributed by atoms with van der Waals surface area (Å²) in [6.45, 7) is 5.25. The molecule has 3 heterocycles. The summed E-state index contributed by atoms with van der Waals surface area (Å²) in [6.07, 6.45) is 2.33. The average molecular weight is 411 g/mol. The summed E-state index contributed by atoms with van der Waals surface area (Å²) < 4.78 is 26.6.